The molecule has 0 aromatic carbocycles. The van der Waals surface area contributed by atoms with Gasteiger partial charge in [-0.2, -0.15) is 0 Å². The van der Waals surface area contributed by atoms with Crippen molar-refractivity contribution in [1.29, 1.82) is 0 Å². The van der Waals surface area contributed by atoms with Crippen LogP contribution in [0.25, 0.3) is 0 Å². The van der Waals surface area contributed by atoms with E-state index in [2.05, 4.69) is 0 Å². The second-order valence-corrected chi connectivity index (χ2v) is 0.289. The standard InChI is InChI=1S/BO3.3Na.H4Si/c2-1(3)4;;;;/h;;;;1H4/q-3;3*+1;. The molecule has 0 N–H and O–H groups in total. The average molecular weight is 160 g/mol. The molecule has 0 aromatic rings. The molecule has 0 heterocycles. The zero-order valence-corrected chi connectivity index (χ0v) is 10.8. The van der Waals surface area contributed by atoms with Crippen molar-refractivity contribution in [1.82, 2.24) is 0 Å². The largest absolute Gasteiger partial charge is 1.00 e. The average Bonchev–Trinajstić information content (AvgIpc) is 0.811. The SMILES string of the molecule is [Na+].[Na+].[Na+].[O-]B([O-])[O-].[SiH4]. The summed E-state index contributed by atoms with van der Waals surface area (Å²) in [7, 11) is -2.92. The van der Waals surface area contributed by atoms with Gasteiger partial charge in [-0.3, -0.25) is 7.32 Å². The Morgan fingerprint density at radius 2 is 0.750 bits per heavy atom. The monoisotopic (exact) mass is 160 g/mol. The topological polar surface area (TPSA) is 69.2 Å². The third kappa shape index (κ3) is 61.0. The zero-order chi connectivity index (χ0) is 3.58. The smallest absolute Gasteiger partial charge is 0.907 e. The van der Waals surface area contributed by atoms with Crippen molar-refractivity contribution in [2.24, 2.45) is 0 Å². The van der Waals surface area contributed by atoms with Gasteiger partial charge in [-0.05, 0) is 11.0 Å². The van der Waals surface area contributed by atoms with Crippen LogP contribution in [-0.2, 0) is 0 Å². The normalized spacial score (nSPS) is 3.38. The first-order valence-electron chi connectivity index (χ1n) is 0.707. The molecule has 3 nitrogen and oxygen atoms in total. The van der Waals surface area contributed by atoms with Gasteiger partial charge < -0.3 is 15.1 Å². The summed E-state index contributed by atoms with van der Waals surface area (Å²) in [5, 5.41) is 25.2. The van der Waals surface area contributed by atoms with Gasteiger partial charge in [0.15, 0.2) is 0 Å². The van der Waals surface area contributed by atoms with Gasteiger partial charge in [-0.1, -0.05) is 0 Å². The van der Waals surface area contributed by atoms with Gasteiger partial charge in [0.05, 0.1) is 0 Å². The van der Waals surface area contributed by atoms with Gasteiger partial charge >= 0.3 is 88.7 Å². The Labute approximate surface area is 120 Å². The van der Waals surface area contributed by atoms with Crippen LogP contribution in [-0.4, -0.2) is 18.3 Å². The predicted octanol–water partition coefficient (Wildman–Crippen LogP) is -14.4. The fourth-order valence-corrected chi connectivity index (χ4v) is 0. The Kier molecular flexibility index (Phi) is 85.2. The van der Waals surface area contributed by atoms with Gasteiger partial charge in [0.1, 0.15) is 0 Å². The fraction of sp³-hybridized carbons (Fsp3) is 0. The van der Waals surface area contributed by atoms with Crippen LogP contribution in [0.5, 0.6) is 0 Å². The summed E-state index contributed by atoms with van der Waals surface area (Å²) < 4.78 is 0. The van der Waals surface area contributed by atoms with Gasteiger partial charge in [0.25, 0.3) is 0 Å². The fourth-order valence-electron chi connectivity index (χ4n) is 0. The molecular weight excluding hydrogens is 156 g/mol. The molecule has 8 heavy (non-hydrogen) atoms. The summed E-state index contributed by atoms with van der Waals surface area (Å²) in [4.78, 5) is 0. The van der Waals surface area contributed by atoms with E-state index in [1.54, 1.807) is 0 Å². The quantitative estimate of drug-likeness (QED) is 0.330. The van der Waals surface area contributed by atoms with E-state index >= 15 is 0 Å². The second-order valence-electron chi connectivity index (χ2n) is 0.289. The number of hydrogen-bond donors (Lipinski definition) is 0. The molecule has 0 atom stereocenters. The summed E-state index contributed by atoms with van der Waals surface area (Å²) >= 11 is 0. The molecule has 0 unspecified atom stereocenters. The maximum Gasteiger partial charge on any atom is 1.00 e. The third-order valence-corrected chi connectivity index (χ3v) is 0. The number of hydrogen-bond acceptors (Lipinski definition) is 3. The molecule has 0 radical (unpaired) electrons. The summed E-state index contributed by atoms with van der Waals surface area (Å²) in [6.07, 6.45) is 0. The van der Waals surface area contributed by atoms with Crippen LogP contribution in [0.1, 0.15) is 0 Å². The molecular formula is H4BNa3O3Si. The van der Waals surface area contributed by atoms with Gasteiger partial charge in [0, 0.05) is 0 Å². The molecule has 0 saturated heterocycles. The molecule has 0 aromatic heterocycles. The summed E-state index contributed by atoms with van der Waals surface area (Å²) in [6, 6.07) is 0. The first kappa shape index (κ1) is 30.4. The van der Waals surface area contributed by atoms with Crippen molar-refractivity contribution in [2.45, 2.75) is 0 Å². The van der Waals surface area contributed by atoms with Crippen LogP contribution in [0.3, 0.4) is 0 Å². The molecule has 0 spiro atoms. The Hall–Kier alpha value is 3.16. The summed E-state index contributed by atoms with van der Waals surface area (Å²) in [5.74, 6) is 0. The molecule has 8 heteroatoms. The molecule has 0 aliphatic heterocycles. The summed E-state index contributed by atoms with van der Waals surface area (Å²) in [6.45, 7) is 0. The van der Waals surface area contributed by atoms with E-state index in [1.807, 2.05) is 0 Å². The van der Waals surface area contributed by atoms with Crippen LogP contribution in [0.15, 0.2) is 0 Å². The molecule has 0 fully saturated rings. The van der Waals surface area contributed by atoms with E-state index < -0.39 is 7.32 Å². The predicted molar refractivity (Wildman–Crippen MR) is 17.1 cm³/mol. The van der Waals surface area contributed by atoms with Crippen LogP contribution in [0.2, 0.25) is 0 Å². The molecule has 0 rings (SSSR count). The minimum atomic E-state index is -2.92. The van der Waals surface area contributed by atoms with Crippen LogP contribution in [0.4, 0.5) is 0 Å². The molecule has 0 aliphatic carbocycles. The number of rotatable bonds is 0. The first-order valence-corrected chi connectivity index (χ1v) is 0.707. The van der Waals surface area contributed by atoms with Gasteiger partial charge in [0.2, 0.25) is 0 Å². The van der Waals surface area contributed by atoms with Crippen molar-refractivity contribution in [3.63, 3.8) is 0 Å². The van der Waals surface area contributed by atoms with E-state index in [0.29, 0.717) is 0 Å². The minimum Gasteiger partial charge on any atom is -0.907 e. The first-order chi connectivity index (χ1) is 1.73. The Morgan fingerprint density at radius 1 is 0.750 bits per heavy atom. The molecule has 0 amide bonds. The summed E-state index contributed by atoms with van der Waals surface area (Å²) in [5.41, 5.74) is 0. The van der Waals surface area contributed by atoms with E-state index in [1.165, 1.54) is 0 Å². The van der Waals surface area contributed by atoms with E-state index in [9.17, 15) is 0 Å². The van der Waals surface area contributed by atoms with Crippen LogP contribution >= 0.6 is 0 Å². The molecule has 0 saturated carbocycles. The van der Waals surface area contributed by atoms with Crippen molar-refractivity contribution >= 4 is 18.3 Å². The van der Waals surface area contributed by atoms with Crippen molar-refractivity contribution in [3.8, 4) is 0 Å². The molecule has 0 aliphatic rings. The van der Waals surface area contributed by atoms with Crippen LogP contribution in [0, 0.1) is 0 Å². The van der Waals surface area contributed by atoms with E-state index in [0.717, 1.165) is 0 Å². The maximum atomic E-state index is 8.42. The molecule has 0 bridgehead atoms. The Balaban J connectivity index is -0.00000000750. The second kappa shape index (κ2) is 22.5. The zero-order valence-electron chi connectivity index (χ0n) is 4.80. The minimum absolute atomic E-state index is 0. The van der Waals surface area contributed by atoms with Crippen LogP contribution < -0.4 is 104 Å². The van der Waals surface area contributed by atoms with Crippen molar-refractivity contribution in [2.75, 3.05) is 0 Å². The van der Waals surface area contributed by atoms with Gasteiger partial charge in [-0.25, -0.2) is 0 Å². The van der Waals surface area contributed by atoms with Gasteiger partial charge in [-0.15, -0.1) is 0 Å². The van der Waals surface area contributed by atoms with Crippen molar-refractivity contribution in [3.05, 3.63) is 0 Å². The maximum absolute atomic E-state index is 8.42. The molecule has 32 valence electrons. The van der Waals surface area contributed by atoms with Crippen molar-refractivity contribution < 1.29 is 104 Å². The van der Waals surface area contributed by atoms with E-state index in [4.69, 9.17) is 15.1 Å². The van der Waals surface area contributed by atoms with E-state index in [-0.39, 0.29) is 99.6 Å². The Morgan fingerprint density at radius 3 is 0.750 bits per heavy atom. The third-order valence-electron chi connectivity index (χ3n) is 0. The Bertz CT molecular complexity index is 19.2.